The van der Waals surface area contributed by atoms with Gasteiger partial charge < -0.3 is 4.90 Å². The Bertz CT molecular complexity index is 894. The molecular weight excluding hydrogens is 359 g/mol. The zero-order valence-corrected chi connectivity index (χ0v) is 16.4. The molecule has 4 heteroatoms. The van der Waals surface area contributed by atoms with Gasteiger partial charge in [-0.2, -0.15) is 0 Å². The number of benzene rings is 2. The molecule has 2 aromatic rings. The van der Waals surface area contributed by atoms with Crippen LogP contribution in [0.2, 0.25) is 0 Å². The molecule has 1 aliphatic heterocycles. The van der Waals surface area contributed by atoms with Crippen molar-refractivity contribution in [3.05, 3.63) is 71.7 Å². The minimum atomic E-state index is -0.703. The lowest BCUT2D eigenvalue weighted by Gasteiger charge is -2.31. The summed E-state index contributed by atoms with van der Waals surface area (Å²) in [7, 11) is 0. The topological polar surface area (TPSA) is 3.24 Å². The van der Waals surface area contributed by atoms with Crippen LogP contribution < -0.4 is 0 Å². The van der Waals surface area contributed by atoms with Crippen molar-refractivity contribution in [3.63, 3.8) is 0 Å². The van der Waals surface area contributed by atoms with E-state index in [0.717, 1.165) is 24.7 Å². The maximum atomic E-state index is 15.3. The number of rotatable bonds is 5. The molecule has 4 rings (SSSR count). The highest BCUT2D eigenvalue weighted by atomic mass is 19.1. The van der Waals surface area contributed by atoms with E-state index < -0.39 is 11.6 Å². The molecule has 2 fully saturated rings. The van der Waals surface area contributed by atoms with Gasteiger partial charge in [0.1, 0.15) is 17.5 Å². The van der Waals surface area contributed by atoms with Crippen LogP contribution in [0.3, 0.4) is 0 Å². The number of hydrogen-bond donors (Lipinski definition) is 0. The highest BCUT2D eigenvalue weighted by Gasteiger charge is 2.52. The average Bonchev–Trinajstić information content (AvgIpc) is 3.28. The smallest absolute Gasteiger partial charge is 0.134 e. The van der Waals surface area contributed by atoms with Crippen molar-refractivity contribution in [1.29, 1.82) is 0 Å². The van der Waals surface area contributed by atoms with Gasteiger partial charge in [0.05, 0.1) is 0 Å². The number of nitrogens with zero attached hydrogens (tertiary/aromatic N) is 1. The summed E-state index contributed by atoms with van der Waals surface area (Å²) in [5, 5.41) is 0. The van der Waals surface area contributed by atoms with Crippen LogP contribution in [-0.2, 0) is 6.42 Å². The Morgan fingerprint density at radius 2 is 1.82 bits per heavy atom. The van der Waals surface area contributed by atoms with E-state index in [4.69, 9.17) is 0 Å². The lowest BCUT2D eigenvalue weighted by Crippen LogP contribution is -2.32. The van der Waals surface area contributed by atoms with Crippen molar-refractivity contribution in [3.8, 4) is 11.1 Å². The Morgan fingerprint density at radius 1 is 1.14 bits per heavy atom. The molecule has 2 aromatic carbocycles. The van der Waals surface area contributed by atoms with Crippen LogP contribution in [0.1, 0.15) is 38.7 Å². The van der Waals surface area contributed by atoms with E-state index in [1.54, 1.807) is 18.2 Å². The van der Waals surface area contributed by atoms with E-state index in [-0.39, 0.29) is 23.0 Å². The van der Waals surface area contributed by atoms with Crippen LogP contribution in [0.5, 0.6) is 0 Å². The van der Waals surface area contributed by atoms with E-state index in [9.17, 15) is 8.78 Å². The number of allylic oxidation sites excluding steroid dienone is 1. The van der Waals surface area contributed by atoms with E-state index in [1.807, 2.05) is 0 Å². The molecule has 1 saturated heterocycles. The molecule has 28 heavy (non-hydrogen) atoms. The molecule has 0 unspecified atom stereocenters. The fourth-order valence-corrected chi connectivity index (χ4v) is 4.48. The number of halogens is 3. The normalized spacial score (nSPS) is 20.2. The summed E-state index contributed by atoms with van der Waals surface area (Å²) in [6.45, 7) is 9.55. The molecule has 2 aliphatic rings. The third-order valence-corrected chi connectivity index (χ3v) is 6.32. The Kier molecular flexibility index (Phi) is 4.76. The van der Waals surface area contributed by atoms with Crippen LogP contribution in [0.15, 0.2) is 48.7 Å². The lowest BCUT2D eigenvalue weighted by atomic mass is 9.95. The minimum absolute atomic E-state index is 0.214. The summed E-state index contributed by atoms with van der Waals surface area (Å²) in [5.74, 6) is -1.45. The molecule has 1 nitrogen and oxygen atoms in total. The first-order valence-electron chi connectivity index (χ1n) is 9.97. The van der Waals surface area contributed by atoms with Gasteiger partial charge in [-0.25, -0.2) is 13.2 Å². The molecular formula is C24H26F3N. The fraction of sp³-hybridized carbons (Fsp3) is 0.417. The fourth-order valence-electron chi connectivity index (χ4n) is 4.48. The van der Waals surface area contributed by atoms with Gasteiger partial charge in [-0.1, -0.05) is 38.6 Å². The van der Waals surface area contributed by atoms with Crippen molar-refractivity contribution in [2.24, 2.45) is 11.3 Å². The van der Waals surface area contributed by atoms with E-state index in [1.165, 1.54) is 25.0 Å². The SMILES string of the molecule is C=C(C(C)C)N1CC2(CC2)C[C@@H]1Cc1cccc(-c2cc(F)cc(F)c2)c1F. The van der Waals surface area contributed by atoms with Crippen molar-refractivity contribution >= 4 is 0 Å². The molecule has 148 valence electrons. The van der Waals surface area contributed by atoms with Gasteiger partial charge in [0.15, 0.2) is 0 Å². The van der Waals surface area contributed by atoms with Gasteiger partial charge in [-0.05, 0) is 60.3 Å². The highest BCUT2D eigenvalue weighted by molar-refractivity contribution is 5.65. The van der Waals surface area contributed by atoms with Crippen molar-refractivity contribution in [2.75, 3.05) is 6.54 Å². The van der Waals surface area contributed by atoms with Gasteiger partial charge in [0.25, 0.3) is 0 Å². The van der Waals surface area contributed by atoms with Crippen LogP contribution in [0.25, 0.3) is 11.1 Å². The molecule has 1 aliphatic carbocycles. The highest BCUT2D eigenvalue weighted by Crippen LogP contribution is 2.56. The summed E-state index contributed by atoms with van der Waals surface area (Å²) in [6, 6.07) is 8.48. The molecule has 0 N–H and O–H groups in total. The monoisotopic (exact) mass is 385 g/mol. The Hall–Kier alpha value is -2.23. The van der Waals surface area contributed by atoms with E-state index in [2.05, 4.69) is 25.3 Å². The maximum Gasteiger partial charge on any atom is 0.134 e. The number of hydrogen-bond acceptors (Lipinski definition) is 1. The van der Waals surface area contributed by atoms with Gasteiger partial charge >= 0.3 is 0 Å². The number of likely N-dealkylation sites (tertiary alicyclic amines) is 1. The molecule has 0 aromatic heterocycles. The Morgan fingerprint density at radius 3 is 2.43 bits per heavy atom. The van der Waals surface area contributed by atoms with Crippen molar-refractivity contribution < 1.29 is 13.2 Å². The summed E-state index contributed by atoms with van der Waals surface area (Å²) in [4.78, 5) is 2.37. The summed E-state index contributed by atoms with van der Waals surface area (Å²) >= 11 is 0. The second kappa shape index (κ2) is 6.98. The molecule has 1 spiro atoms. The van der Waals surface area contributed by atoms with Gasteiger partial charge in [-0.15, -0.1) is 0 Å². The van der Waals surface area contributed by atoms with Gasteiger partial charge in [0, 0.05) is 29.9 Å². The van der Waals surface area contributed by atoms with Crippen LogP contribution in [-0.4, -0.2) is 17.5 Å². The largest absolute Gasteiger partial charge is 0.371 e. The van der Waals surface area contributed by atoms with Crippen LogP contribution in [0, 0.1) is 28.8 Å². The molecule has 0 amide bonds. The zero-order valence-electron chi connectivity index (χ0n) is 16.4. The van der Waals surface area contributed by atoms with Crippen molar-refractivity contribution in [1.82, 2.24) is 4.90 Å². The third kappa shape index (κ3) is 3.57. The first-order valence-corrected chi connectivity index (χ1v) is 9.97. The minimum Gasteiger partial charge on any atom is -0.371 e. The summed E-state index contributed by atoms with van der Waals surface area (Å²) in [6.07, 6.45) is 4.09. The van der Waals surface area contributed by atoms with Crippen molar-refractivity contribution in [2.45, 2.75) is 45.6 Å². The van der Waals surface area contributed by atoms with Gasteiger partial charge in [0.2, 0.25) is 0 Å². The Labute approximate surface area is 164 Å². The average molecular weight is 385 g/mol. The van der Waals surface area contributed by atoms with Crippen LogP contribution >= 0.6 is 0 Å². The second-order valence-electron chi connectivity index (χ2n) is 8.77. The standard InChI is InChI=1S/C24H26F3N/c1-15(2)16(3)28-14-24(7-8-24)13-21(28)11-17-5-4-6-22(23(17)27)18-9-19(25)12-20(26)10-18/h4-6,9-10,12,15,21H,3,7-8,11,13-14H2,1-2H3/t21-/m0/s1. The van der Waals surface area contributed by atoms with Crippen LogP contribution in [0.4, 0.5) is 13.2 Å². The predicted molar refractivity (Wildman–Crippen MR) is 106 cm³/mol. The molecule has 0 bridgehead atoms. The molecule has 1 atom stereocenters. The zero-order chi connectivity index (χ0) is 20.1. The summed E-state index contributed by atoms with van der Waals surface area (Å²) < 4.78 is 42.5. The Balaban J connectivity index is 1.64. The van der Waals surface area contributed by atoms with E-state index in [0.29, 0.717) is 23.3 Å². The maximum absolute atomic E-state index is 15.3. The molecule has 1 heterocycles. The quantitative estimate of drug-likeness (QED) is 0.581. The predicted octanol–water partition coefficient (Wildman–Crippen LogP) is 6.34. The summed E-state index contributed by atoms with van der Waals surface area (Å²) in [5.41, 5.74) is 2.54. The lowest BCUT2D eigenvalue weighted by molar-refractivity contribution is 0.286. The molecule has 1 saturated carbocycles. The first-order chi connectivity index (χ1) is 13.3. The second-order valence-corrected chi connectivity index (χ2v) is 8.77. The van der Waals surface area contributed by atoms with E-state index >= 15 is 4.39 Å². The van der Waals surface area contributed by atoms with Gasteiger partial charge in [-0.3, -0.25) is 0 Å². The molecule has 0 radical (unpaired) electrons. The third-order valence-electron chi connectivity index (χ3n) is 6.32. The first kappa shape index (κ1) is 19.1.